The van der Waals surface area contributed by atoms with E-state index >= 15 is 0 Å². The minimum absolute atomic E-state index is 0.0349. The Morgan fingerprint density at radius 3 is 1.52 bits per heavy atom. The number of aliphatic hydroxyl groups excluding tert-OH is 1. The minimum atomic E-state index is -4.37. The van der Waals surface area contributed by atoms with Crippen molar-refractivity contribution in [2.45, 2.75) is 142 Å². The van der Waals surface area contributed by atoms with Crippen LogP contribution in [0.4, 0.5) is 0 Å². The Bertz CT molecular complexity index is 1350. The zero-order chi connectivity index (χ0) is 42.8. The first-order chi connectivity index (χ1) is 28.0. The SMILES string of the molecule is CC/C=C\C/C=C\C/C=C\C/C=C\C/C=C\C/C=C\C/C=C\CCCC(=O)NC(COP(=O)(O)OCC[N+](C)(C)C)C(O)/C=C/CC/C=C/CC/C=C/CCCCC. The van der Waals surface area contributed by atoms with Gasteiger partial charge >= 0.3 is 7.82 Å². The van der Waals surface area contributed by atoms with E-state index in [1.165, 1.54) is 19.3 Å². The number of hydrogen-bond acceptors (Lipinski definition) is 5. The third-order valence-corrected chi connectivity index (χ3v) is 9.63. The summed E-state index contributed by atoms with van der Waals surface area (Å²) in [5.41, 5.74) is 0. The molecular formula is C49H82N2O6P+. The van der Waals surface area contributed by atoms with Crippen LogP contribution in [-0.2, 0) is 18.4 Å². The van der Waals surface area contributed by atoms with E-state index < -0.39 is 20.0 Å². The molecule has 0 heterocycles. The van der Waals surface area contributed by atoms with Gasteiger partial charge in [-0.05, 0) is 96.3 Å². The molecular weight excluding hydrogens is 744 g/mol. The zero-order valence-corrected chi connectivity index (χ0v) is 37.9. The Morgan fingerprint density at radius 1 is 0.603 bits per heavy atom. The summed E-state index contributed by atoms with van der Waals surface area (Å²) in [7, 11) is 1.48. The van der Waals surface area contributed by atoms with Crippen LogP contribution in [0.1, 0.15) is 129 Å². The Labute approximate surface area is 354 Å². The van der Waals surface area contributed by atoms with Crippen molar-refractivity contribution in [2.75, 3.05) is 40.9 Å². The second-order valence-electron chi connectivity index (χ2n) is 15.3. The maximum absolute atomic E-state index is 12.8. The Balaban J connectivity index is 4.60. The van der Waals surface area contributed by atoms with Gasteiger partial charge in [0.05, 0.1) is 39.9 Å². The van der Waals surface area contributed by atoms with Crippen molar-refractivity contribution in [1.82, 2.24) is 5.32 Å². The molecule has 58 heavy (non-hydrogen) atoms. The van der Waals surface area contributed by atoms with Crippen LogP contribution in [0.3, 0.4) is 0 Å². The number of nitrogens with one attached hydrogen (secondary N) is 1. The van der Waals surface area contributed by atoms with Crippen molar-refractivity contribution >= 4 is 13.7 Å². The molecule has 328 valence electrons. The van der Waals surface area contributed by atoms with Gasteiger partial charge in [0.15, 0.2) is 0 Å². The molecule has 0 aliphatic heterocycles. The first-order valence-electron chi connectivity index (χ1n) is 21.9. The molecule has 8 nitrogen and oxygen atoms in total. The summed E-state index contributed by atoms with van der Waals surface area (Å²) >= 11 is 0. The lowest BCUT2D eigenvalue weighted by Crippen LogP contribution is -2.45. The first-order valence-corrected chi connectivity index (χ1v) is 23.4. The molecule has 3 N–H and O–H groups in total. The average molecular weight is 826 g/mol. The van der Waals surface area contributed by atoms with Gasteiger partial charge in [0.2, 0.25) is 5.91 Å². The van der Waals surface area contributed by atoms with Gasteiger partial charge in [-0.1, -0.05) is 148 Å². The minimum Gasteiger partial charge on any atom is -0.387 e. The number of carbonyl (C=O) groups is 1. The second kappa shape index (κ2) is 39.4. The Hall–Kier alpha value is -3.10. The van der Waals surface area contributed by atoms with Crippen LogP contribution in [-0.4, -0.2) is 73.4 Å². The number of rotatable bonds is 37. The number of allylic oxidation sites excluding steroid dienone is 19. The summed E-state index contributed by atoms with van der Waals surface area (Å²) in [6, 6.07) is -0.908. The zero-order valence-electron chi connectivity index (χ0n) is 37.0. The fourth-order valence-corrected chi connectivity index (χ4v) is 5.91. The third kappa shape index (κ3) is 41.1. The van der Waals surface area contributed by atoms with Crippen LogP contribution >= 0.6 is 7.82 Å². The van der Waals surface area contributed by atoms with Gasteiger partial charge in [0.1, 0.15) is 13.2 Å². The van der Waals surface area contributed by atoms with Gasteiger partial charge in [-0.3, -0.25) is 13.8 Å². The van der Waals surface area contributed by atoms with E-state index in [0.29, 0.717) is 17.4 Å². The molecule has 1 amide bonds. The van der Waals surface area contributed by atoms with E-state index in [1.54, 1.807) is 6.08 Å². The number of phosphoric acid groups is 1. The summed E-state index contributed by atoms with van der Waals surface area (Å²) in [6.07, 6.45) is 58.5. The molecule has 3 unspecified atom stereocenters. The van der Waals surface area contributed by atoms with E-state index in [2.05, 4.69) is 129 Å². The fraction of sp³-hybridized carbons (Fsp3) is 0.571. The van der Waals surface area contributed by atoms with Gasteiger partial charge < -0.3 is 19.8 Å². The lowest BCUT2D eigenvalue weighted by molar-refractivity contribution is -0.870. The molecule has 0 saturated heterocycles. The van der Waals surface area contributed by atoms with Crippen LogP contribution in [0.2, 0.25) is 0 Å². The largest absolute Gasteiger partial charge is 0.472 e. The van der Waals surface area contributed by atoms with Gasteiger partial charge in [0.25, 0.3) is 0 Å². The summed E-state index contributed by atoms with van der Waals surface area (Å²) in [5.74, 6) is -0.257. The summed E-state index contributed by atoms with van der Waals surface area (Å²) in [6.45, 7) is 4.55. The number of amides is 1. The first kappa shape index (κ1) is 54.9. The number of nitrogens with zero attached hydrogens (tertiary/aromatic N) is 1. The maximum Gasteiger partial charge on any atom is 0.472 e. The van der Waals surface area contributed by atoms with Gasteiger partial charge in [-0.25, -0.2) is 4.57 Å². The predicted octanol–water partition coefficient (Wildman–Crippen LogP) is 12.3. The van der Waals surface area contributed by atoms with Crippen molar-refractivity contribution in [3.63, 3.8) is 0 Å². The van der Waals surface area contributed by atoms with Crippen molar-refractivity contribution in [1.29, 1.82) is 0 Å². The maximum atomic E-state index is 12.8. The number of aliphatic hydroxyl groups is 1. The molecule has 9 heteroatoms. The molecule has 3 atom stereocenters. The quantitative estimate of drug-likeness (QED) is 0.0249. The Kier molecular flexibility index (Phi) is 37.3. The summed E-state index contributed by atoms with van der Waals surface area (Å²) < 4.78 is 23.5. The van der Waals surface area contributed by atoms with Gasteiger partial charge in [0, 0.05) is 6.42 Å². The fourth-order valence-electron chi connectivity index (χ4n) is 5.18. The molecule has 0 radical (unpaired) electrons. The smallest absolute Gasteiger partial charge is 0.387 e. The monoisotopic (exact) mass is 826 g/mol. The van der Waals surface area contributed by atoms with Crippen LogP contribution in [0.5, 0.6) is 0 Å². The molecule has 0 rings (SSSR count). The molecule has 0 aromatic carbocycles. The number of unbranched alkanes of at least 4 members (excludes halogenated alkanes) is 6. The highest BCUT2D eigenvalue weighted by Gasteiger charge is 2.27. The lowest BCUT2D eigenvalue weighted by atomic mass is 10.1. The highest BCUT2D eigenvalue weighted by atomic mass is 31.2. The van der Waals surface area contributed by atoms with E-state index in [9.17, 15) is 19.4 Å². The van der Waals surface area contributed by atoms with Crippen LogP contribution < -0.4 is 5.32 Å². The summed E-state index contributed by atoms with van der Waals surface area (Å²) in [4.78, 5) is 23.1. The lowest BCUT2D eigenvalue weighted by Gasteiger charge is -2.25. The third-order valence-electron chi connectivity index (χ3n) is 8.64. The number of hydrogen-bond donors (Lipinski definition) is 3. The summed E-state index contributed by atoms with van der Waals surface area (Å²) in [5, 5.41) is 13.7. The van der Waals surface area contributed by atoms with Gasteiger partial charge in [-0.2, -0.15) is 0 Å². The van der Waals surface area contributed by atoms with E-state index in [-0.39, 0.29) is 25.5 Å². The highest BCUT2D eigenvalue weighted by Crippen LogP contribution is 2.43. The molecule has 0 aliphatic carbocycles. The topological polar surface area (TPSA) is 105 Å². The number of carbonyl (C=O) groups excluding carboxylic acids is 1. The van der Waals surface area contributed by atoms with Crippen molar-refractivity contribution < 1.29 is 32.9 Å². The van der Waals surface area contributed by atoms with Crippen molar-refractivity contribution in [3.05, 3.63) is 122 Å². The highest BCUT2D eigenvalue weighted by molar-refractivity contribution is 7.47. The second-order valence-corrected chi connectivity index (χ2v) is 16.8. The van der Waals surface area contributed by atoms with Crippen LogP contribution in [0.15, 0.2) is 122 Å². The van der Waals surface area contributed by atoms with Crippen molar-refractivity contribution in [3.8, 4) is 0 Å². The molecule has 0 fully saturated rings. The standard InChI is InChI=1S/C49H81N2O6P/c1-6-8-10-12-14-16-18-20-21-22-23-24-25-26-27-28-29-31-33-35-37-39-41-43-49(53)50-47(46-57-58(54,55)56-45-44-51(3,4)5)48(52)42-40-38-36-34-32-30-19-17-15-13-11-9-7-2/h8,10,14-17,20-21,23-24,26-27,29,31-32,34-35,37,40,42,47-48,52H,6-7,9,11-13,18-19,22,25,28,30,33,36,38-39,41,43-46H2,1-5H3,(H-,50,53,54,55)/p+1/b10-8-,16-14-,17-15+,21-20-,24-23-,27-26-,31-29-,34-32+,37-35-,42-40+. The molecule has 0 saturated carbocycles. The normalized spacial score (nSPS) is 15.5. The number of phosphoric ester groups is 1. The van der Waals surface area contributed by atoms with E-state index in [0.717, 1.165) is 83.5 Å². The predicted molar refractivity (Wildman–Crippen MR) is 248 cm³/mol. The Morgan fingerprint density at radius 2 is 1.03 bits per heavy atom. The molecule has 0 spiro atoms. The molecule has 0 aromatic heterocycles. The average Bonchev–Trinajstić information content (AvgIpc) is 3.17. The van der Waals surface area contributed by atoms with E-state index in [4.69, 9.17) is 9.05 Å². The van der Waals surface area contributed by atoms with Crippen molar-refractivity contribution in [2.24, 2.45) is 0 Å². The number of quaternary nitrogens is 1. The van der Waals surface area contributed by atoms with E-state index in [1.807, 2.05) is 27.2 Å². The van der Waals surface area contributed by atoms with Crippen LogP contribution in [0, 0.1) is 0 Å². The molecule has 0 aromatic rings. The van der Waals surface area contributed by atoms with Gasteiger partial charge in [-0.15, -0.1) is 0 Å². The molecule has 0 bridgehead atoms. The van der Waals surface area contributed by atoms with Crippen LogP contribution in [0.25, 0.3) is 0 Å². The number of likely N-dealkylation sites (N-methyl/N-ethyl adjacent to an activating group) is 1. The molecule has 0 aliphatic rings.